The SMILES string of the molecule is Cc1ccc(C(=O)N2CCC(N(C)Cc3nccc(N)n3)C2)c(C)c1. The molecule has 1 aliphatic heterocycles. The highest BCUT2D eigenvalue weighted by molar-refractivity contribution is 5.95. The van der Waals surface area contributed by atoms with Crippen LogP contribution < -0.4 is 5.73 Å². The zero-order valence-corrected chi connectivity index (χ0v) is 15.1. The van der Waals surface area contributed by atoms with Gasteiger partial charge in [-0.1, -0.05) is 17.7 Å². The summed E-state index contributed by atoms with van der Waals surface area (Å²) in [6.45, 7) is 6.17. The predicted octanol–water partition coefficient (Wildman–Crippen LogP) is 2.02. The van der Waals surface area contributed by atoms with Gasteiger partial charge in [0.25, 0.3) is 5.91 Å². The van der Waals surface area contributed by atoms with Gasteiger partial charge in [-0.25, -0.2) is 9.97 Å². The molecular weight excluding hydrogens is 314 g/mol. The maximum absolute atomic E-state index is 12.8. The van der Waals surface area contributed by atoms with Gasteiger partial charge in [-0.15, -0.1) is 0 Å². The molecule has 1 fully saturated rings. The summed E-state index contributed by atoms with van der Waals surface area (Å²) in [5.41, 5.74) is 8.73. The Kier molecular flexibility index (Phi) is 4.99. The van der Waals surface area contributed by atoms with Crippen LogP contribution in [0, 0.1) is 13.8 Å². The van der Waals surface area contributed by atoms with Gasteiger partial charge in [-0.2, -0.15) is 0 Å². The second-order valence-electron chi connectivity index (χ2n) is 6.82. The van der Waals surface area contributed by atoms with Gasteiger partial charge >= 0.3 is 0 Å². The minimum absolute atomic E-state index is 0.119. The molecule has 1 aliphatic rings. The van der Waals surface area contributed by atoms with Crippen LogP contribution in [0.15, 0.2) is 30.5 Å². The van der Waals surface area contributed by atoms with Gasteiger partial charge in [0, 0.05) is 30.9 Å². The number of nitrogens with two attached hydrogens (primary N) is 1. The highest BCUT2D eigenvalue weighted by Gasteiger charge is 2.30. The van der Waals surface area contributed by atoms with Crippen LogP contribution >= 0.6 is 0 Å². The van der Waals surface area contributed by atoms with E-state index in [1.165, 1.54) is 5.56 Å². The number of nitrogen functional groups attached to an aromatic ring is 1. The van der Waals surface area contributed by atoms with Gasteiger partial charge in [0.1, 0.15) is 11.6 Å². The van der Waals surface area contributed by atoms with Gasteiger partial charge in [-0.05, 0) is 45.0 Å². The quantitative estimate of drug-likeness (QED) is 0.922. The molecule has 1 unspecified atom stereocenters. The number of anilines is 1. The Labute approximate surface area is 148 Å². The van der Waals surface area contributed by atoms with Crippen molar-refractivity contribution in [1.82, 2.24) is 19.8 Å². The van der Waals surface area contributed by atoms with E-state index in [1.807, 2.05) is 37.9 Å². The van der Waals surface area contributed by atoms with E-state index in [2.05, 4.69) is 20.9 Å². The van der Waals surface area contributed by atoms with Crippen LogP contribution in [0.3, 0.4) is 0 Å². The van der Waals surface area contributed by atoms with E-state index in [-0.39, 0.29) is 5.91 Å². The van der Waals surface area contributed by atoms with Gasteiger partial charge in [0.05, 0.1) is 6.54 Å². The lowest BCUT2D eigenvalue weighted by Gasteiger charge is -2.24. The molecule has 2 heterocycles. The average molecular weight is 339 g/mol. The van der Waals surface area contributed by atoms with Gasteiger partial charge in [0.2, 0.25) is 0 Å². The number of nitrogens with zero attached hydrogens (tertiary/aromatic N) is 4. The number of likely N-dealkylation sites (N-methyl/N-ethyl adjacent to an activating group) is 1. The van der Waals surface area contributed by atoms with Crippen molar-refractivity contribution in [2.45, 2.75) is 32.9 Å². The number of benzene rings is 1. The third-order valence-corrected chi connectivity index (χ3v) is 4.80. The fraction of sp³-hybridized carbons (Fsp3) is 0.421. The third-order valence-electron chi connectivity index (χ3n) is 4.80. The van der Waals surface area contributed by atoms with Crippen molar-refractivity contribution in [3.63, 3.8) is 0 Å². The lowest BCUT2D eigenvalue weighted by atomic mass is 10.0. The largest absolute Gasteiger partial charge is 0.384 e. The zero-order chi connectivity index (χ0) is 18.0. The Bertz CT molecular complexity index is 776. The Hall–Kier alpha value is -2.47. The molecule has 0 radical (unpaired) electrons. The van der Waals surface area contributed by atoms with Crippen molar-refractivity contribution in [3.05, 3.63) is 53.0 Å². The van der Waals surface area contributed by atoms with Crippen molar-refractivity contribution in [2.75, 3.05) is 25.9 Å². The number of carbonyl (C=O) groups is 1. The van der Waals surface area contributed by atoms with Crippen LogP contribution in [-0.2, 0) is 6.54 Å². The summed E-state index contributed by atoms with van der Waals surface area (Å²) in [6.07, 6.45) is 2.63. The van der Waals surface area contributed by atoms with E-state index < -0.39 is 0 Å². The van der Waals surface area contributed by atoms with E-state index in [1.54, 1.807) is 12.3 Å². The molecule has 6 nitrogen and oxygen atoms in total. The molecule has 1 saturated heterocycles. The number of carbonyl (C=O) groups excluding carboxylic acids is 1. The van der Waals surface area contributed by atoms with Crippen molar-refractivity contribution in [3.8, 4) is 0 Å². The Balaban J connectivity index is 1.63. The number of hydrogen-bond donors (Lipinski definition) is 1. The number of aryl methyl sites for hydroxylation is 2. The highest BCUT2D eigenvalue weighted by Crippen LogP contribution is 2.20. The van der Waals surface area contributed by atoms with Crippen LogP contribution in [0.1, 0.15) is 33.7 Å². The van der Waals surface area contributed by atoms with E-state index >= 15 is 0 Å². The molecule has 3 rings (SSSR count). The first kappa shape index (κ1) is 17.4. The van der Waals surface area contributed by atoms with Crippen LogP contribution in [-0.4, -0.2) is 51.9 Å². The first-order valence-corrected chi connectivity index (χ1v) is 8.58. The Morgan fingerprint density at radius 3 is 2.88 bits per heavy atom. The maximum atomic E-state index is 12.8. The molecule has 0 spiro atoms. The standard InChI is InChI=1S/C19H25N5O/c1-13-4-5-16(14(2)10-13)19(25)24-9-7-15(11-24)23(3)12-18-21-8-6-17(20)22-18/h4-6,8,10,15H,7,9,11-12H2,1-3H3,(H2,20,21,22). The van der Waals surface area contributed by atoms with Crippen LogP contribution in [0.2, 0.25) is 0 Å². The molecule has 0 saturated carbocycles. The van der Waals surface area contributed by atoms with Crippen LogP contribution in [0.25, 0.3) is 0 Å². The summed E-state index contributed by atoms with van der Waals surface area (Å²) in [6, 6.07) is 7.98. The average Bonchev–Trinajstić information content (AvgIpc) is 3.04. The summed E-state index contributed by atoms with van der Waals surface area (Å²) < 4.78 is 0. The molecule has 132 valence electrons. The third kappa shape index (κ3) is 3.96. The van der Waals surface area contributed by atoms with Crippen LogP contribution in [0.4, 0.5) is 5.82 Å². The molecule has 0 bridgehead atoms. The Morgan fingerprint density at radius 2 is 2.16 bits per heavy atom. The molecule has 1 amide bonds. The number of aromatic nitrogens is 2. The van der Waals surface area contributed by atoms with E-state index in [9.17, 15) is 4.79 Å². The lowest BCUT2D eigenvalue weighted by Crippen LogP contribution is -2.36. The monoisotopic (exact) mass is 339 g/mol. The summed E-state index contributed by atoms with van der Waals surface area (Å²) in [7, 11) is 2.04. The second kappa shape index (κ2) is 7.19. The first-order valence-electron chi connectivity index (χ1n) is 8.58. The fourth-order valence-corrected chi connectivity index (χ4v) is 3.35. The predicted molar refractivity (Wildman–Crippen MR) is 98.1 cm³/mol. The van der Waals surface area contributed by atoms with Crippen molar-refractivity contribution in [1.29, 1.82) is 0 Å². The normalized spacial score (nSPS) is 17.3. The fourth-order valence-electron chi connectivity index (χ4n) is 3.35. The summed E-state index contributed by atoms with van der Waals surface area (Å²) in [5.74, 6) is 1.31. The van der Waals surface area contributed by atoms with Gasteiger partial charge < -0.3 is 10.6 Å². The minimum Gasteiger partial charge on any atom is -0.384 e. The lowest BCUT2D eigenvalue weighted by molar-refractivity contribution is 0.0778. The van der Waals surface area contributed by atoms with Crippen molar-refractivity contribution in [2.24, 2.45) is 0 Å². The molecule has 0 aliphatic carbocycles. The molecule has 25 heavy (non-hydrogen) atoms. The van der Waals surface area contributed by atoms with Gasteiger partial charge in [-0.3, -0.25) is 9.69 Å². The molecule has 1 aromatic carbocycles. The molecule has 2 N–H and O–H groups in total. The number of rotatable bonds is 4. The number of likely N-dealkylation sites (tertiary alicyclic amines) is 1. The minimum atomic E-state index is 0.119. The molecule has 6 heteroatoms. The van der Waals surface area contributed by atoms with E-state index in [0.29, 0.717) is 24.2 Å². The van der Waals surface area contributed by atoms with Crippen molar-refractivity contribution >= 4 is 11.7 Å². The molecule has 1 aromatic heterocycles. The number of hydrogen-bond acceptors (Lipinski definition) is 5. The molecule has 2 aromatic rings. The summed E-state index contributed by atoms with van der Waals surface area (Å²) in [5, 5.41) is 0. The topological polar surface area (TPSA) is 75.4 Å². The summed E-state index contributed by atoms with van der Waals surface area (Å²) in [4.78, 5) is 25.5. The van der Waals surface area contributed by atoms with E-state index in [0.717, 1.165) is 30.6 Å². The Morgan fingerprint density at radius 1 is 1.36 bits per heavy atom. The first-order chi connectivity index (χ1) is 11.9. The number of amides is 1. The van der Waals surface area contributed by atoms with Gasteiger partial charge in [0.15, 0.2) is 0 Å². The maximum Gasteiger partial charge on any atom is 0.254 e. The van der Waals surface area contributed by atoms with Crippen molar-refractivity contribution < 1.29 is 4.79 Å². The zero-order valence-electron chi connectivity index (χ0n) is 15.1. The van der Waals surface area contributed by atoms with E-state index in [4.69, 9.17) is 5.73 Å². The highest BCUT2D eigenvalue weighted by atomic mass is 16.2. The summed E-state index contributed by atoms with van der Waals surface area (Å²) >= 11 is 0. The molecule has 1 atom stereocenters. The smallest absolute Gasteiger partial charge is 0.254 e. The van der Waals surface area contributed by atoms with Crippen LogP contribution in [0.5, 0.6) is 0 Å². The molecular formula is C19H25N5O. The second-order valence-corrected chi connectivity index (χ2v) is 6.82.